The molecule has 108 valence electrons. The lowest BCUT2D eigenvalue weighted by Gasteiger charge is -2.63. The number of halogens is 1. The van der Waals surface area contributed by atoms with Gasteiger partial charge in [-0.3, -0.25) is 0 Å². The fraction of sp³-hybridized carbons (Fsp3) is 0.667. The van der Waals surface area contributed by atoms with Crippen molar-refractivity contribution < 1.29 is 4.39 Å². The van der Waals surface area contributed by atoms with Crippen molar-refractivity contribution in [1.29, 1.82) is 0 Å². The third-order valence-corrected chi connectivity index (χ3v) is 6.30. The standard InChI is InChI=1S/C18H24FN/c1-17-7-12-6-13(8-17)10-18(9-12,11-17)16(20)14-4-2-3-5-15(14)19/h2-5,12-13,16H,6-11,20H2,1H3. The van der Waals surface area contributed by atoms with Crippen LogP contribution in [-0.4, -0.2) is 0 Å². The second kappa shape index (κ2) is 4.07. The highest BCUT2D eigenvalue weighted by atomic mass is 19.1. The normalized spacial score (nSPS) is 43.8. The molecule has 0 aromatic heterocycles. The van der Waals surface area contributed by atoms with E-state index in [2.05, 4.69) is 6.92 Å². The fourth-order valence-corrected chi connectivity index (χ4v) is 6.22. The largest absolute Gasteiger partial charge is 0.323 e. The second-order valence-electron chi connectivity index (χ2n) is 8.13. The van der Waals surface area contributed by atoms with E-state index in [4.69, 9.17) is 5.73 Å². The van der Waals surface area contributed by atoms with Crippen LogP contribution in [-0.2, 0) is 0 Å². The lowest BCUT2D eigenvalue weighted by atomic mass is 9.43. The van der Waals surface area contributed by atoms with Crippen LogP contribution in [0, 0.1) is 28.5 Å². The quantitative estimate of drug-likeness (QED) is 0.847. The Bertz CT molecular complexity index is 524. The molecule has 4 saturated carbocycles. The summed E-state index contributed by atoms with van der Waals surface area (Å²) < 4.78 is 14.1. The average Bonchev–Trinajstić information content (AvgIpc) is 2.35. The Morgan fingerprint density at radius 3 is 2.40 bits per heavy atom. The highest BCUT2D eigenvalue weighted by Crippen LogP contribution is 2.67. The van der Waals surface area contributed by atoms with Crippen molar-refractivity contribution >= 4 is 0 Å². The highest BCUT2D eigenvalue weighted by Gasteiger charge is 2.58. The summed E-state index contributed by atoms with van der Waals surface area (Å²) >= 11 is 0. The van der Waals surface area contributed by atoms with Crippen molar-refractivity contribution in [3.05, 3.63) is 35.6 Å². The third kappa shape index (κ3) is 1.77. The molecular weight excluding hydrogens is 249 g/mol. The minimum absolute atomic E-state index is 0.124. The van der Waals surface area contributed by atoms with E-state index in [1.807, 2.05) is 12.1 Å². The molecule has 4 fully saturated rings. The first kappa shape index (κ1) is 12.8. The summed E-state index contributed by atoms with van der Waals surface area (Å²) in [5.74, 6) is 1.54. The Labute approximate surface area is 120 Å². The van der Waals surface area contributed by atoms with Gasteiger partial charge in [-0.15, -0.1) is 0 Å². The van der Waals surface area contributed by atoms with Gasteiger partial charge in [0.15, 0.2) is 0 Å². The molecule has 3 unspecified atom stereocenters. The molecular formula is C18H24FN. The number of hydrogen-bond donors (Lipinski definition) is 1. The van der Waals surface area contributed by atoms with Crippen molar-refractivity contribution in [3.8, 4) is 0 Å². The molecule has 0 aliphatic heterocycles. The maximum atomic E-state index is 14.1. The summed E-state index contributed by atoms with van der Waals surface area (Å²) in [6, 6.07) is 6.99. The number of nitrogens with two attached hydrogens (primary N) is 1. The smallest absolute Gasteiger partial charge is 0.127 e. The molecule has 1 aromatic rings. The Morgan fingerprint density at radius 2 is 1.80 bits per heavy atom. The van der Waals surface area contributed by atoms with Crippen LogP contribution in [0.2, 0.25) is 0 Å². The summed E-state index contributed by atoms with van der Waals surface area (Å²) in [6.45, 7) is 2.44. The average molecular weight is 273 g/mol. The van der Waals surface area contributed by atoms with Crippen LogP contribution < -0.4 is 5.73 Å². The maximum Gasteiger partial charge on any atom is 0.127 e. The van der Waals surface area contributed by atoms with Gasteiger partial charge in [-0.1, -0.05) is 25.1 Å². The fourth-order valence-electron chi connectivity index (χ4n) is 6.22. The Hall–Kier alpha value is -0.890. The van der Waals surface area contributed by atoms with Crippen LogP contribution in [0.1, 0.15) is 57.1 Å². The molecule has 5 rings (SSSR count). The van der Waals surface area contributed by atoms with Crippen LogP contribution in [0.4, 0.5) is 4.39 Å². The van der Waals surface area contributed by atoms with E-state index in [1.165, 1.54) is 38.5 Å². The first-order chi connectivity index (χ1) is 9.50. The summed E-state index contributed by atoms with van der Waals surface area (Å²) in [7, 11) is 0. The van der Waals surface area contributed by atoms with E-state index in [-0.39, 0.29) is 17.3 Å². The zero-order valence-corrected chi connectivity index (χ0v) is 12.2. The van der Waals surface area contributed by atoms with Crippen LogP contribution in [0.5, 0.6) is 0 Å². The van der Waals surface area contributed by atoms with Gasteiger partial charge in [0.05, 0.1) is 0 Å². The van der Waals surface area contributed by atoms with Gasteiger partial charge in [0.1, 0.15) is 5.82 Å². The molecule has 0 amide bonds. The molecule has 20 heavy (non-hydrogen) atoms. The Balaban J connectivity index is 1.73. The van der Waals surface area contributed by atoms with Crippen molar-refractivity contribution in [1.82, 2.24) is 0 Å². The van der Waals surface area contributed by atoms with E-state index in [9.17, 15) is 4.39 Å². The molecule has 0 saturated heterocycles. The Morgan fingerprint density at radius 1 is 1.15 bits per heavy atom. The molecule has 2 heteroatoms. The van der Waals surface area contributed by atoms with Gasteiger partial charge in [-0.25, -0.2) is 4.39 Å². The topological polar surface area (TPSA) is 26.0 Å². The Kier molecular flexibility index (Phi) is 2.61. The van der Waals surface area contributed by atoms with Crippen molar-refractivity contribution in [2.24, 2.45) is 28.4 Å². The predicted octanol–water partition coefficient (Wildman–Crippen LogP) is 4.43. The van der Waals surface area contributed by atoms with Crippen molar-refractivity contribution in [2.75, 3.05) is 0 Å². The van der Waals surface area contributed by atoms with Crippen molar-refractivity contribution in [2.45, 2.75) is 51.5 Å². The van der Waals surface area contributed by atoms with Crippen LogP contribution in [0.15, 0.2) is 24.3 Å². The molecule has 3 atom stereocenters. The van der Waals surface area contributed by atoms with Gasteiger partial charge in [0.25, 0.3) is 0 Å². The van der Waals surface area contributed by atoms with Gasteiger partial charge in [0.2, 0.25) is 0 Å². The summed E-state index contributed by atoms with van der Waals surface area (Å²) in [5, 5.41) is 0. The van der Waals surface area contributed by atoms with E-state index >= 15 is 0 Å². The van der Waals surface area contributed by atoms with E-state index in [0.29, 0.717) is 5.41 Å². The van der Waals surface area contributed by atoms with Gasteiger partial charge >= 0.3 is 0 Å². The first-order valence-corrected chi connectivity index (χ1v) is 8.00. The minimum atomic E-state index is -0.131. The zero-order chi connectivity index (χ0) is 14.0. The van der Waals surface area contributed by atoms with Crippen LogP contribution in [0.25, 0.3) is 0 Å². The highest BCUT2D eigenvalue weighted by molar-refractivity contribution is 5.25. The maximum absolute atomic E-state index is 14.1. The molecule has 0 spiro atoms. The van der Waals surface area contributed by atoms with Gasteiger partial charge < -0.3 is 5.73 Å². The number of rotatable bonds is 2. The van der Waals surface area contributed by atoms with Crippen LogP contribution in [0.3, 0.4) is 0 Å². The van der Waals surface area contributed by atoms with Gasteiger partial charge in [0, 0.05) is 11.6 Å². The number of hydrogen-bond acceptors (Lipinski definition) is 1. The van der Waals surface area contributed by atoms with E-state index in [1.54, 1.807) is 12.1 Å². The second-order valence-corrected chi connectivity index (χ2v) is 8.13. The van der Waals surface area contributed by atoms with Gasteiger partial charge in [-0.05, 0) is 67.3 Å². The first-order valence-electron chi connectivity index (χ1n) is 8.00. The third-order valence-electron chi connectivity index (χ3n) is 6.30. The number of benzene rings is 1. The molecule has 4 aliphatic carbocycles. The molecule has 4 bridgehead atoms. The summed E-state index contributed by atoms with van der Waals surface area (Å²) in [6.07, 6.45) is 7.76. The molecule has 2 N–H and O–H groups in total. The molecule has 1 nitrogen and oxygen atoms in total. The molecule has 1 aromatic carbocycles. The monoisotopic (exact) mass is 273 g/mol. The van der Waals surface area contributed by atoms with E-state index < -0.39 is 0 Å². The van der Waals surface area contributed by atoms with Crippen LogP contribution >= 0.6 is 0 Å². The summed E-state index contributed by atoms with van der Waals surface area (Å²) in [5.41, 5.74) is 7.97. The molecule has 0 heterocycles. The SMILES string of the molecule is CC12CC3CC(C1)CC(C(N)c1ccccc1F)(C3)C2. The van der Waals surface area contributed by atoms with E-state index in [0.717, 1.165) is 17.4 Å². The summed E-state index contributed by atoms with van der Waals surface area (Å²) in [4.78, 5) is 0. The van der Waals surface area contributed by atoms with Gasteiger partial charge in [-0.2, -0.15) is 0 Å². The lowest BCUT2D eigenvalue weighted by molar-refractivity contribution is -0.114. The molecule has 4 aliphatic rings. The van der Waals surface area contributed by atoms with Crippen molar-refractivity contribution in [3.63, 3.8) is 0 Å². The minimum Gasteiger partial charge on any atom is -0.323 e. The lowest BCUT2D eigenvalue weighted by Crippen LogP contribution is -2.54. The zero-order valence-electron chi connectivity index (χ0n) is 12.2. The molecule has 0 radical (unpaired) electrons. The predicted molar refractivity (Wildman–Crippen MR) is 78.6 cm³/mol.